The van der Waals surface area contributed by atoms with E-state index < -0.39 is 10.0 Å². The summed E-state index contributed by atoms with van der Waals surface area (Å²) in [5.41, 5.74) is 3.49. The molecule has 1 aliphatic carbocycles. The fourth-order valence-electron chi connectivity index (χ4n) is 5.36. The van der Waals surface area contributed by atoms with E-state index in [2.05, 4.69) is 6.07 Å². The van der Waals surface area contributed by atoms with E-state index in [4.69, 9.17) is 4.74 Å². The van der Waals surface area contributed by atoms with E-state index in [-0.39, 0.29) is 11.8 Å². The van der Waals surface area contributed by atoms with E-state index in [1.54, 1.807) is 22.4 Å². The van der Waals surface area contributed by atoms with Crippen LogP contribution >= 0.6 is 0 Å². The first kappa shape index (κ1) is 23.8. The molecule has 2 aliphatic rings. The smallest absolute Gasteiger partial charge is 0.243 e. The number of amides is 1. The van der Waals surface area contributed by atoms with Crippen LogP contribution in [0.1, 0.15) is 36.0 Å². The number of carbonyl (C=O) groups is 1. The third-order valence-electron chi connectivity index (χ3n) is 7.42. The van der Waals surface area contributed by atoms with Gasteiger partial charge in [-0.2, -0.15) is 4.31 Å². The molecule has 1 amide bonds. The number of sulfonamides is 1. The largest absolute Gasteiger partial charge is 0.497 e. The van der Waals surface area contributed by atoms with Crippen molar-refractivity contribution in [1.29, 1.82) is 0 Å². The van der Waals surface area contributed by atoms with Crippen molar-refractivity contribution in [1.82, 2.24) is 9.21 Å². The highest BCUT2D eigenvalue weighted by atomic mass is 32.2. The minimum absolute atomic E-state index is 0.0782. The van der Waals surface area contributed by atoms with Gasteiger partial charge in [0.1, 0.15) is 5.75 Å². The first-order valence-electron chi connectivity index (χ1n) is 12.3. The molecule has 0 N–H and O–H groups in total. The van der Waals surface area contributed by atoms with Crippen molar-refractivity contribution in [2.45, 2.75) is 43.5 Å². The SMILES string of the molecule is COc1ccc2cc(CN(C)C(=O)C3CCN(S(=O)(=O)c4ccc5c(c4)CCC5)CC3)ccc2c1. The van der Waals surface area contributed by atoms with Gasteiger partial charge in [0, 0.05) is 32.6 Å². The molecule has 5 rings (SSSR count). The average molecular weight is 493 g/mol. The Kier molecular flexibility index (Phi) is 6.55. The summed E-state index contributed by atoms with van der Waals surface area (Å²) in [6, 6.07) is 17.7. The Labute approximate surface area is 207 Å². The van der Waals surface area contributed by atoms with Crippen LogP contribution in [0.25, 0.3) is 10.8 Å². The number of benzene rings is 3. The molecule has 0 aromatic heterocycles. The maximum absolute atomic E-state index is 13.2. The maximum atomic E-state index is 13.2. The van der Waals surface area contributed by atoms with Crippen LogP contribution in [0.5, 0.6) is 5.75 Å². The third-order valence-corrected chi connectivity index (χ3v) is 9.31. The summed E-state index contributed by atoms with van der Waals surface area (Å²) in [4.78, 5) is 15.3. The van der Waals surface area contributed by atoms with Crippen LogP contribution in [0.4, 0.5) is 0 Å². The molecule has 1 saturated heterocycles. The third kappa shape index (κ3) is 4.80. The van der Waals surface area contributed by atoms with E-state index in [0.717, 1.165) is 46.9 Å². The van der Waals surface area contributed by atoms with Crippen molar-refractivity contribution in [3.05, 3.63) is 71.3 Å². The molecule has 35 heavy (non-hydrogen) atoms. The van der Waals surface area contributed by atoms with Crippen LogP contribution in [0.2, 0.25) is 0 Å². The van der Waals surface area contributed by atoms with Gasteiger partial charge in [0.05, 0.1) is 12.0 Å². The number of hydrogen-bond acceptors (Lipinski definition) is 4. The van der Waals surface area contributed by atoms with Gasteiger partial charge in [0.25, 0.3) is 0 Å². The number of nitrogens with zero attached hydrogens (tertiary/aromatic N) is 2. The Hall–Kier alpha value is -2.90. The Morgan fingerprint density at radius 2 is 1.69 bits per heavy atom. The van der Waals surface area contributed by atoms with Crippen molar-refractivity contribution in [2.75, 3.05) is 27.2 Å². The van der Waals surface area contributed by atoms with E-state index in [1.165, 1.54) is 5.56 Å². The molecule has 3 aromatic rings. The monoisotopic (exact) mass is 492 g/mol. The lowest BCUT2D eigenvalue weighted by molar-refractivity contribution is -0.135. The zero-order valence-electron chi connectivity index (χ0n) is 20.4. The van der Waals surface area contributed by atoms with E-state index in [9.17, 15) is 13.2 Å². The second kappa shape index (κ2) is 9.63. The minimum Gasteiger partial charge on any atom is -0.497 e. The van der Waals surface area contributed by atoms with E-state index in [1.807, 2.05) is 49.5 Å². The van der Waals surface area contributed by atoms with Crippen LogP contribution in [0, 0.1) is 5.92 Å². The molecule has 6 nitrogen and oxygen atoms in total. The second-order valence-electron chi connectivity index (χ2n) is 9.70. The van der Waals surface area contributed by atoms with Crippen LogP contribution in [0.3, 0.4) is 0 Å². The zero-order valence-corrected chi connectivity index (χ0v) is 21.2. The van der Waals surface area contributed by atoms with Gasteiger partial charge in [-0.15, -0.1) is 0 Å². The fourth-order valence-corrected chi connectivity index (χ4v) is 6.88. The van der Waals surface area contributed by atoms with Crippen LogP contribution in [-0.2, 0) is 34.2 Å². The van der Waals surface area contributed by atoms with Gasteiger partial charge in [0.15, 0.2) is 0 Å². The molecule has 0 radical (unpaired) electrons. The topological polar surface area (TPSA) is 66.9 Å². The number of fused-ring (bicyclic) bond motifs is 2. The Morgan fingerprint density at radius 3 is 2.46 bits per heavy atom. The molecule has 0 unspecified atom stereocenters. The summed E-state index contributed by atoms with van der Waals surface area (Å²) in [7, 11) is -0.0446. The first-order valence-corrected chi connectivity index (χ1v) is 13.7. The van der Waals surface area contributed by atoms with Crippen molar-refractivity contribution >= 4 is 26.7 Å². The Bertz CT molecular complexity index is 1360. The summed E-state index contributed by atoms with van der Waals surface area (Å²) in [5, 5.41) is 2.20. The molecular weight excluding hydrogens is 460 g/mol. The van der Waals surface area contributed by atoms with Crippen LogP contribution < -0.4 is 4.74 Å². The summed E-state index contributed by atoms with van der Waals surface area (Å²) in [5.74, 6) is 0.743. The molecule has 1 fully saturated rings. The molecule has 7 heteroatoms. The lowest BCUT2D eigenvalue weighted by Gasteiger charge is -2.32. The highest BCUT2D eigenvalue weighted by Crippen LogP contribution is 2.29. The lowest BCUT2D eigenvalue weighted by Crippen LogP contribution is -2.43. The summed E-state index contributed by atoms with van der Waals surface area (Å²) < 4.78 is 33.3. The molecule has 184 valence electrons. The summed E-state index contributed by atoms with van der Waals surface area (Å²) in [6.45, 7) is 1.28. The molecule has 0 bridgehead atoms. The van der Waals surface area contributed by atoms with Crippen LogP contribution in [0.15, 0.2) is 59.5 Å². The molecule has 1 heterocycles. The van der Waals surface area contributed by atoms with Crippen molar-refractivity contribution in [3.63, 3.8) is 0 Å². The molecule has 0 spiro atoms. The Morgan fingerprint density at radius 1 is 0.971 bits per heavy atom. The van der Waals surface area contributed by atoms with Gasteiger partial charge in [0.2, 0.25) is 15.9 Å². The van der Waals surface area contributed by atoms with Crippen molar-refractivity contribution in [2.24, 2.45) is 5.92 Å². The number of rotatable bonds is 6. The number of hydrogen-bond donors (Lipinski definition) is 0. The van der Waals surface area contributed by atoms with Gasteiger partial charge in [-0.1, -0.05) is 24.3 Å². The molecule has 0 atom stereocenters. The Balaban J connectivity index is 1.20. The van der Waals surface area contributed by atoms with Gasteiger partial charge >= 0.3 is 0 Å². The van der Waals surface area contributed by atoms with Crippen molar-refractivity contribution in [3.8, 4) is 5.75 Å². The fraction of sp³-hybridized carbons (Fsp3) is 0.393. The molecule has 0 saturated carbocycles. The number of ether oxygens (including phenoxy) is 1. The quantitative estimate of drug-likeness (QED) is 0.512. The summed E-state index contributed by atoms with van der Waals surface area (Å²) in [6.07, 6.45) is 4.17. The summed E-state index contributed by atoms with van der Waals surface area (Å²) >= 11 is 0. The number of aryl methyl sites for hydroxylation is 2. The normalized spacial score (nSPS) is 16.9. The minimum atomic E-state index is -3.53. The van der Waals surface area contributed by atoms with Gasteiger partial charge < -0.3 is 9.64 Å². The predicted molar refractivity (Wildman–Crippen MR) is 137 cm³/mol. The average Bonchev–Trinajstić information content (AvgIpc) is 3.36. The van der Waals surface area contributed by atoms with Crippen molar-refractivity contribution < 1.29 is 17.9 Å². The van der Waals surface area contributed by atoms with Gasteiger partial charge in [-0.3, -0.25) is 4.79 Å². The lowest BCUT2D eigenvalue weighted by atomic mass is 9.96. The zero-order chi connectivity index (χ0) is 24.6. The maximum Gasteiger partial charge on any atom is 0.243 e. The highest BCUT2D eigenvalue weighted by molar-refractivity contribution is 7.89. The predicted octanol–water partition coefficient (Wildman–Crippen LogP) is 4.40. The van der Waals surface area contributed by atoms with Crippen LogP contribution in [-0.4, -0.2) is 50.8 Å². The molecule has 3 aromatic carbocycles. The number of piperidine rings is 1. The number of methoxy groups -OCH3 is 1. The standard InChI is InChI=1S/C28H32N2O4S/c1-29(19-20-6-7-25-17-26(34-2)10-8-24(25)16-20)28(31)22-12-14-30(15-13-22)35(32,33)27-11-9-21-4-3-5-23(21)18-27/h6-11,16-18,22H,3-5,12-15,19H2,1-2H3. The first-order chi connectivity index (χ1) is 16.8. The molecule has 1 aliphatic heterocycles. The molecular formula is C28H32N2O4S. The van der Waals surface area contributed by atoms with Gasteiger partial charge in [-0.05, 0) is 89.9 Å². The second-order valence-corrected chi connectivity index (χ2v) is 11.6. The highest BCUT2D eigenvalue weighted by Gasteiger charge is 2.33. The van der Waals surface area contributed by atoms with E-state index in [0.29, 0.717) is 37.4 Å². The van der Waals surface area contributed by atoms with E-state index >= 15 is 0 Å². The number of carbonyl (C=O) groups excluding carboxylic acids is 1. The van der Waals surface area contributed by atoms with Gasteiger partial charge in [-0.25, -0.2) is 8.42 Å².